The van der Waals surface area contributed by atoms with Gasteiger partial charge in [0.15, 0.2) is 6.29 Å². The van der Waals surface area contributed by atoms with Gasteiger partial charge in [0, 0.05) is 5.41 Å². The molecule has 2 unspecified atom stereocenters. The van der Waals surface area contributed by atoms with Crippen molar-refractivity contribution in [3.05, 3.63) is 11.6 Å². The van der Waals surface area contributed by atoms with Crippen LogP contribution in [-0.2, 0) is 14.3 Å². The summed E-state index contributed by atoms with van der Waals surface area (Å²) in [6.07, 6.45) is 3.49. The van der Waals surface area contributed by atoms with Gasteiger partial charge < -0.3 is 14.3 Å². The van der Waals surface area contributed by atoms with Crippen LogP contribution in [0.2, 0.25) is 0 Å². The van der Waals surface area contributed by atoms with E-state index in [4.69, 9.17) is 4.74 Å². The minimum Gasteiger partial charge on any atom is -0.362 e. The van der Waals surface area contributed by atoms with Crippen LogP contribution in [0.5, 0.6) is 0 Å². The first-order chi connectivity index (χ1) is 6.92. The lowest BCUT2D eigenvalue weighted by molar-refractivity contribution is -0.125. The third-order valence-electron chi connectivity index (χ3n) is 3.29. The van der Waals surface area contributed by atoms with Crippen LogP contribution < -0.4 is 0 Å². The number of carbonyl (C=O) groups excluding carboxylic acids is 2. The molecule has 0 N–H and O–H groups in total. The molecule has 0 radical (unpaired) electrons. The molecule has 84 valence electrons. The lowest BCUT2D eigenvalue weighted by Crippen LogP contribution is -2.24. The first-order valence-corrected chi connectivity index (χ1v) is 5.11. The number of carbonyl (C=O) groups is 2. The molecule has 0 spiro atoms. The van der Waals surface area contributed by atoms with Crippen molar-refractivity contribution in [2.24, 2.45) is 11.3 Å². The van der Waals surface area contributed by atoms with Gasteiger partial charge in [0.1, 0.15) is 11.9 Å². The number of ether oxygens (including phenoxy) is 1. The highest BCUT2D eigenvalue weighted by molar-refractivity contribution is 5.82. The average molecular weight is 210 g/mol. The summed E-state index contributed by atoms with van der Waals surface area (Å²) in [5, 5.41) is 0. The summed E-state index contributed by atoms with van der Waals surface area (Å²) in [6.45, 7) is 8.07. The van der Waals surface area contributed by atoms with Crippen LogP contribution in [0.3, 0.4) is 0 Å². The van der Waals surface area contributed by atoms with E-state index in [1.54, 1.807) is 0 Å². The van der Waals surface area contributed by atoms with Gasteiger partial charge in [-0.15, -0.1) is 0 Å². The molecule has 1 rings (SSSR count). The zero-order chi connectivity index (χ0) is 11.7. The summed E-state index contributed by atoms with van der Waals surface area (Å²) >= 11 is 0. The van der Waals surface area contributed by atoms with Gasteiger partial charge in [0.05, 0.1) is 12.5 Å². The van der Waals surface area contributed by atoms with Crippen molar-refractivity contribution in [3.63, 3.8) is 0 Å². The molecule has 0 aromatic rings. The van der Waals surface area contributed by atoms with Crippen LogP contribution in [0.1, 0.15) is 27.7 Å². The second kappa shape index (κ2) is 3.89. The molecule has 1 saturated carbocycles. The molecule has 0 heterocycles. The summed E-state index contributed by atoms with van der Waals surface area (Å²) in [5.41, 5.74) is -0.135. The van der Waals surface area contributed by atoms with E-state index in [1.165, 1.54) is 0 Å². The van der Waals surface area contributed by atoms with Gasteiger partial charge in [0.25, 0.3) is 0 Å². The summed E-state index contributed by atoms with van der Waals surface area (Å²) in [4.78, 5) is 21.8. The molecular weight excluding hydrogens is 192 g/mol. The maximum atomic E-state index is 11.0. The predicted octanol–water partition coefficient (Wildman–Crippen LogP) is 1.76. The number of aldehydes is 2. The molecule has 0 aromatic heterocycles. The van der Waals surface area contributed by atoms with Crippen LogP contribution in [0.25, 0.3) is 0 Å². The number of hydrogen-bond donors (Lipinski definition) is 0. The molecule has 1 aliphatic rings. The van der Waals surface area contributed by atoms with E-state index in [-0.39, 0.29) is 11.3 Å². The molecule has 1 fully saturated rings. The summed E-state index contributed by atoms with van der Waals surface area (Å²) < 4.78 is 5.54. The third kappa shape index (κ3) is 1.76. The van der Waals surface area contributed by atoms with Crippen molar-refractivity contribution in [1.29, 1.82) is 0 Å². The number of allylic oxidation sites excluding steroid dienone is 1. The highest BCUT2D eigenvalue weighted by atomic mass is 16.5. The lowest BCUT2D eigenvalue weighted by Gasteiger charge is -2.12. The number of hydrogen-bond acceptors (Lipinski definition) is 3. The first kappa shape index (κ1) is 12.1. The average Bonchev–Trinajstić information content (AvgIpc) is 2.62. The van der Waals surface area contributed by atoms with Crippen LogP contribution in [0, 0.1) is 11.3 Å². The Morgan fingerprint density at radius 1 is 1.33 bits per heavy atom. The van der Waals surface area contributed by atoms with Crippen molar-refractivity contribution >= 4 is 12.6 Å². The van der Waals surface area contributed by atoms with Gasteiger partial charge in [-0.25, -0.2) is 0 Å². The fourth-order valence-corrected chi connectivity index (χ4v) is 1.95. The summed E-state index contributed by atoms with van der Waals surface area (Å²) in [6, 6.07) is 0. The number of rotatable bonds is 5. The second-order valence-corrected chi connectivity index (χ2v) is 4.84. The summed E-state index contributed by atoms with van der Waals surface area (Å²) in [5.74, 6) is -0.312. The van der Waals surface area contributed by atoms with Crippen molar-refractivity contribution in [1.82, 2.24) is 0 Å². The Morgan fingerprint density at radius 3 is 2.27 bits per heavy atom. The van der Waals surface area contributed by atoms with E-state index in [0.717, 1.165) is 18.1 Å². The van der Waals surface area contributed by atoms with Crippen LogP contribution in [0.15, 0.2) is 11.6 Å². The van der Waals surface area contributed by atoms with Crippen LogP contribution in [-0.4, -0.2) is 24.8 Å². The topological polar surface area (TPSA) is 43.4 Å². The fraction of sp³-hybridized carbons (Fsp3) is 0.667. The van der Waals surface area contributed by atoms with E-state index in [1.807, 2.05) is 33.8 Å². The zero-order valence-corrected chi connectivity index (χ0v) is 9.74. The van der Waals surface area contributed by atoms with Gasteiger partial charge in [-0.05, 0) is 13.8 Å². The van der Waals surface area contributed by atoms with E-state index in [0.29, 0.717) is 6.61 Å². The molecule has 15 heavy (non-hydrogen) atoms. The maximum Gasteiger partial charge on any atom is 0.153 e. The third-order valence-corrected chi connectivity index (χ3v) is 3.29. The van der Waals surface area contributed by atoms with Gasteiger partial charge in [-0.2, -0.15) is 0 Å². The molecule has 3 heteroatoms. The van der Waals surface area contributed by atoms with Crippen molar-refractivity contribution < 1.29 is 14.3 Å². The fourth-order valence-electron chi connectivity index (χ4n) is 1.95. The van der Waals surface area contributed by atoms with Crippen molar-refractivity contribution in [3.8, 4) is 0 Å². The maximum absolute atomic E-state index is 11.0. The Bertz CT molecular complexity index is 300. The molecule has 1 aliphatic carbocycles. The molecule has 0 saturated heterocycles. The summed E-state index contributed by atoms with van der Waals surface area (Å²) in [7, 11) is 0. The Balaban J connectivity index is 2.69. The minimum absolute atomic E-state index is 0.312. The molecule has 3 nitrogen and oxygen atoms in total. The first-order valence-electron chi connectivity index (χ1n) is 5.11. The highest BCUT2D eigenvalue weighted by Crippen LogP contribution is 2.61. The van der Waals surface area contributed by atoms with E-state index < -0.39 is 5.60 Å². The molecule has 0 amide bonds. The van der Waals surface area contributed by atoms with Crippen molar-refractivity contribution in [2.45, 2.75) is 33.3 Å². The normalized spacial score (nSPS) is 31.9. The minimum atomic E-state index is -0.902. The monoisotopic (exact) mass is 210 g/mol. The molecule has 0 aliphatic heterocycles. The van der Waals surface area contributed by atoms with Crippen LogP contribution >= 0.6 is 0 Å². The molecular formula is C12H18O3. The molecule has 0 aromatic carbocycles. The quantitative estimate of drug-likeness (QED) is 0.513. The Labute approximate surface area is 90.5 Å². The molecule has 0 bridgehead atoms. The smallest absolute Gasteiger partial charge is 0.153 e. The predicted molar refractivity (Wildman–Crippen MR) is 57.5 cm³/mol. The Hall–Kier alpha value is -0.960. The highest BCUT2D eigenvalue weighted by Gasteiger charge is 2.73. The molecule has 2 atom stereocenters. The van der Waals surface area contributed by atoms with Gasteiger partial charge >= 0.3 is 0 Å². The van der Waals surface area contributed by atoms with E-state index in [2.05, 4.69) is 0 Å². The standard InChI is InChI=1S/C12H18O3/c1-9(2)5-6-15-12(8-14)10(7-13)11(12,3)4/h5,7-8,10H,6H2,1-4H3. The zero-order valence-electron chi connectivity index (χ0n) is 9.74. The Morgan fingerprint density at radius 2 is 1.93 bits per heavy atom. The van der Waals surface area contributed by atoms with Gasteiger partial charge in [-0.1, -0.05) is 25.5 Å². The largest absolute Gasteiger partial charge is 0.362 e. The van der Waals surface area contributed by atoms with Crippen LogP contribution in [0.4, 0.5) is 0 Å². The van der Waals surface area contributed by atoms with Crippen molar-refractivity contribution in [2.75, 3.05) is 6.61 Å². The van der Waals surface area contributed by atoms with Gasteiger partial charge in [-0.3, -0.25) is 0 Å². The lowest BCUT2D eigenvalue weighted by atomic mass is 10.1. The van der Waals surface area contributed by atoms with E-state index in [9.17, 15) is 9.59 Å². The SMILES string of the molecule is CC(C)=CCOC1(C=O)C(C=O)C1(C)C. The van der Waals surface area contributed by atoms with E-state index >= 15 is 0 Å². The van der Waals surface area contributed by atoms with Gasteiger partial charge in [0.2, 0.25) is 0 Å². The second-order valence-electron chi connectivity index (χ2n) is 4.84. The Kier molecular flexibility index (Phi) is 3.14.